The van der Waals surface area contributed by atoms with E-state index < -0.39 is 29.6 Å². The van der Waals surface area contributed by atoms with Gasteiger partial charge < -0.3 is 15.8 Å². The minimum atomic E-state index is -4.47. The minimum absolute atomic E-state index is 0.0149. The van der Waals surface area contributed by atoms with E-state index in [2.05, 4.69) is 15.3 Å². The van der Waals surface area contributed by atoms with E-state index in [1.807, 2.05) is 0 Å². The molecule has 0 saturated carbocycles. The highest BCUT2D eigenvalue weighted by Gasteiger charge is 2.30. The third-order valence-electron chi connectivity index (χ3n) is 4.19. The summed E-state index contributed by atoms with van der Waals surface area (Å²) in [6, 6.07) is 12.6. The van der Waals surface area contributed by atoms with Crippen molar-refractivity contribution in [3.05, 3.63) is 72.1 Å². The first-order valence-corrected chi connectivity index (χ1v) is 9.02. The van der Waals surface area contributed by atoms with Gasteiger partial charge in [0.1, 0.15) is 17.5 Å². The van der Waals surface area contributed by atoms with E-state index in [1.54, 1.807) is 36.4 Å². The molecule has 0 aliphatic rings. The van der Waals surface area contributed by atoms with Crippen molar-refractivity contribution in [2.45, 2.75) is 19.1 Å². The molecular formula is C21H17F3N4O3. The fourth-order valence-electron chi connectivity index (χ4n) is 2.49. The Labute approximate surface area is 175 Å². The van der Waals surface area contributed by atoms with Gasteiger partial charge in [-0.3, -0.25) is 9.59 Å². The summed E-state index contributed by atoms with van der Waals surface area (Å²) < 4.78 is 43.2. The number of nitrogens with one attached hydrogen (secondary N) is 1. The second-order valence-corrected chi connectivity index (χ2v) is 6.51. The first kappa shape index (κ1) is 21.8. The Hall–Kier alpha value is -3.95. The third kappa shape index (κ3) is 5.56. The number of nitrogens with two attached hydrogens (primary N) is 1. The molecule has 1 aromatic carbocycles. The summed E-state index contributed by atoms with van der Waals surface area (Å²) >= 11 is 0. The molecule has 0 aliphatic heterocycles. The zero-order valence-electron chi connectivity index (χ0n) is 16.2. The molecule has 10 heteroatoms. The van der Waals surface area contributed by atoms with Crippen molar-refractivity contribution >= 4 is 11.8 Å². The molecule has 0 unspecified atom stereocenters. The lowest BCUT2D eigenvalue weighted by Crippen LogP contribution is -2.42. The van der Waals surface area contributed by atoms with Crippen molar-refractivity contribution in [2.24, 2.45) is 5.73 Å². The summed E-state index contributed by atoms with van der Waals surface area (Å²) in [6.45, 7) is 1.47. The van der Waals surface area contributed by atoms with Crippen LogP contribution in [0.15, 0.2) is 60.8 Å². The number of carbonyl (C=O) groups excluding carboxylic acids is 2. The Bertz CT molecular complexity index is 1080. The molecule has 0 fully saturated rings. The van der Waals surface area contributed by atoms with E-state index in [1.165, 1.54) is 13.0 Å². The fourth-order valence-corrected chi connectivity index (χ4v) is 2.49. The molecule has 0 aliphatic carbocycles. The second-order valence-electron chi connectivity index (χ2n) is 6.51. The van der Waals surface area contributed by atoms with Gasteiger partial charge >= 0.3 is 6.18 Å². The first-order valence-electron chi connectivity index (χ1n) is 9.02. The normalized spacial score (nSPS) is 12.1. The van der Waals surface area contributed by atoms with E-state index in [-0.39, 0.29) is 11.6 Å². The summed E-state index contributed by atoms with van der Waals surface area (Å²) in [7, 11) is 0. The molecule has 0 bridgehead atoms. The van der Waals surface area contributed by atoms with Crippen molar-refractivity contribution in [1.82, 2.24) is 15.3 Å². The first-order chi connectivity index (χ1) is 14.6. The van der Waals surface area contributed by atoms with Crippen LogP contribution in [-0.4, -0.2) is 27.8 Å². The van der Waals surface area contributed by atoms with Gasteiger partial charge in [-0.05, 0) is 49.4 Å². The molecule has 0 spiro atoms. The van der Waals surface area contributed by atoms with Gasteiger partial charge in [-0.25, -0.2) is 9.97 Å². The topological polar surface area (TPSA) is 107 Å². The number of benzene rings is 1. The monoisotopic (exact) mass is 430 g/mol. The summed E-state index contributed by atoms with van der Waals surface area (Å²) in [4.78, 5) is 31.2. The molecule has 3 N–H and O–H groups in total. The van der Waals surface area contributed by atoms with Gasteiger partial charge in [0.25, 0.3) is 5.91 Å². The Morgan fingerprint density at radius 1 is 1.06 bits per heavy atom. The van der Waals surface area contributed by atoms with Crippen molar-refractivity contribution in [3.8, 4) is 22.9 Å². The summed E-state index contributed by atoms with van der Waals surface area (Å²) in [5, 5.41) is 2.45. The molecule has 0 saturated heterocycles. The molecule has 31 heavy (non-hydrogen) atoms. The van der Waals surface area contributed by atoms with Crippen LogP contribution in [0, 0.1) is 0 Å². The van der Waals surface area contributed by atoms with Gasteiger partial charge in [0.2, 0.25) is 11.8 Å². The summed E-state index contributed by atoms with van der Waals surface area (Å²) in [5.41, 5.74) is 5.55. The highest BCUT2D eigenvalue weighted by Crippen LogP contribution is 2.30. The van der Waals surface area contributed by atoms with E-state index in [0.717, 1.165) is 12.1 Å². The molecular weight excluding hydrogens is 413 g/mol. The lowest BCUT2D eigenvalue weighted by Gasteiger charge is -2.11. The number of pyridine rings is 2. The van der Waals surface area contributed by atoms with E-state index >= 15 is 0 Å². The van der Waals surface area contributed by atoms with Gasteiger partial charge in [0.05, 0.1) is 11.3 Å². The number of hydrogen-bond donors (Lipinski definition) is 2. The van der Waals surface area contributed by atoms with Crippen LogP contribution < -0.4 is 15.8 Å². The largest absolute Gasteiger partial charge is 0.439 e. The zero-order chi connectivity index (χ0) is 22.6. The van der Waals surface area contributed by atoms with Crippen LogP contribution in [0.3, 0.4) is 0 Å². The maximum Gasteiger partial charge on any atom is 0.417 e. The van der Waals surface area contributed by atoms with Crippen LogP contribution in [0.4, 0.5) is 13.2 Å². The predicted molar refractivity (Wildman–Crippen MR) is 105 cm³/mol. The Morgan fingerprint density at radius 3 is 2.35 bits per heavy atom. The predicted octanol–water partition coefficient (Wildman–Crippen LogP) is 3.56. The van der Waals surface area contributed by atoms with E-state index in [4.69, 9.17) is 10.5 Å². The third-order valence-corrected chi connectivity index (χ3v) is 4.19. The highest BCUT2D eigenvalue weighted by molar-refractivity contribution is 5.96. The molecule has 7 nitrogen and oxygen atoms in total. The lowest BCUT2D eigenvalue weighted by atomic mass is 10.1. The Kier molecular flexibility index (Phi) is 6.19. The average molecular weight is 430 g/mol. The maximum atomic E-state index is 12.6. The van der Waals surface area contributed by atoms with Crippen LogP contribution >= 0.6 is 0 Å². The maximum absolute atomic E-state index is 12.6. The van der Waals surface area contributed by atoms with Crippen LogP contribution in [0.1, 0.15) is 23.0 Å². The van der Waals surface area contributed by atoms with Crippen molar-refractivity contribution in [2.75, 3.05) is 0 Å². The van der Waals surface area contributed by atoms with Crippen LogP contribution in [0.25, 0.3) is 11.3 Å². The Morgan fingerprint density at radius 2 is 1.77 bits per heavy atom. The van der Waals surface area contributed by atoms with Gasteiger partial charge in [0.15, 0.2) is 0 Å². The van der Waals surface area contributed by atoms with Gasteiger partial charge in [0, 0.05) is 17.8 Å². The number of primary amides is 1. The number of halogens is 3. The number of rotatable bonds is 6. The molecule has 3 aromatic rings. The number of amides is 2. The van der Waals surface area contributed by atoms with Crippen LogP contribution in [0.5, 0.6) is 11.6 Å². The number of nitrogens with zero attached hydrogens (tertiary/aromatic N) is 2. The summed E-state index contributed by atoms with van der Waals surface area (Å²) in [6.07, 6.45) is -3.77. The second kappa shape index (κ2) is 8.82. The number of ether oxygens (including phenoxy) is 1. The number of hydrogen-bond acceptors (Lipinski definition) is 5. The highest BCUT2D eigenvalue weighted by atomic mass is 19.4. The number of carbonyl (C=O) groups is 2. The molecule has 1 atom stereocenters. The summed E-state index contributed by atoms with van der Waals surface area (Å²) in [5.74, 6) is -0.828. The number of aromatic nitrogens is 2. The van der Waals surface area contributed by atoms with Gasteiger partial charge in [-0.2, -0.15) is 13.2 Å². The van der Waals surface area contributed by atoms with Crippen molar-refractivity contribution in [1.29, 1.82) is 0 Å². The molecule has 2 aromatic heterocycles. The number of alkyl halides is 3. The Balaban J connectivity index is 1.71. The van der Waals surface area contributed by atoms with Gasteiger partial charge in [-0.1, -0.05) is 6.07 Å². The minimum Gasteiger partial charge on any atom is -0.439 e. The molecule has 0 radical (unpaired) electrons. The average Bonchev–Trinajstić information content (AvgIpc) is 2.74. The van der Waals surface area contributed by atoms with Crippen molar-refractivity contribution in [3.63, 3.8) is 0 Å². The van der Waals surface area contributed by atoms with Crippen LogP contribution in [-0.2, 0) is 11.0 Å². The standard InChI is InChI=1S/C21H17F3N4O3/c1-12(19(25)29)27-20(30)17-4-2-3-16(28-17)13-5-8-15(9-6-13)31-18-10-7-14(11-26-18)21(22,23)24/h2-12H,1H3,(H2,25,29)(H,27,30)/t12-/m0/s1. The van der Waals surface area contributed by atoms with Crippen LogP contribution in [0.2, 0.25) is 0 Å². The molecule has 2 amide bonds. The zero-order valence-corrected chi connectivity index (χ0v) is 16.2. The molecule has 160 valence electrons. The van der Waals surface area contributed by atoms with Crippen molar-refractivity contribution < 1.29 is 27.5 Å². The molecule has 2 heterocycles. The fraction of sp³-hybridized carbons (Fsp3) is 0.143. The molecule has 3 rings (SSSR count). The van der Waals surface area contributed by atoms with E-state index in [0.29, 0.717) is 23.2 Å². The SMILES string of the molecule is C[C@H](NC(=O)c1cccc(-c2ccc(Oc3ccc(C(F)(F)F)cn3)cc2)n1)C(N)=O. The smallest absolute Gasteiger partial charge is 0.417 e. The lowest BCUT2D eigenvalue weighted by molar-refractivity contribution is -0.137. The quantitative estimate of drug-likeness (QED) is 0.622. The van der Waals surface area contributed by atoms with Gasteiger partial charge in [-0.15, -0.1) is 0 Å². The van der Waals surface area contributed by atoms with E-state index in [9.17, 15) is 22.8 Å².